The van der Waals surface area contributed by atoms with Crippen LogP contribution in [0.1, 0.15) is 12.8 Å². The Hall–Kier alpha value is -0.790. The van der Waals surface area contributed by atoms with Crippen molar-refractivity contribution in [1.29, 1.82) is 0 Å². The summed E-state index contributed by atoms with van der Waals surface area (Å²) in [5, 5.41) is 0. The van der Waals surface area contributed by atoms with Crippen molar-refractivity contribution in [3.8, 4) is 0 Å². The molecular weight excluding hydrogens is 116 g/mol. The molecule has 0 aromatic heterocycles. The van der Waals surface area contributed by atoms with Gasteiger partial charge in [0.05, 0.1) is 6.42 Å². The molecule has 0 aromatic carbocycles. The van der Waals surface area contributed by atoms with Crippen molar-refractivity contribution in [1.82, 2.24) is 0 Å². The fourth-order valence-corrected chi connectivity index (χ4v) is 1.43. The van der Waals surface area contributed by atoms with Gasteiger partial charge in [0.15, 0.2) is 0 Å². The van der Waals surface area contributed by atoms with Crippen molar-refractivity contribution in [2.24, 2.45) is 5.92 Å². The van der Waals surface area contributed by atoms with Crippen molar-refractivity contribution in [3.05, 3.63) is 12.2 Å². The highest BCUT2D eigenvalue weighted by Gasteiger charge is 2.34. The van der Waals surface area contributed by atoms with E-state index in [0.29, 0.717) is 12.3 Å². The van der Waals surface area contributed by atoms with Gasteiger partial charge < -0.3 is 4.74 Å². The fourth-order valence-electron chi connectivity index (χ4n) is 1.43. The molecule has 1 unspecified atom stereocenters. The van der Waals surface area contributed by atoms with E-state index in [2.05, 4.69) is 12.2 Å². The highest BCUT2D eigenvalue weighted by atomic mass is 16.5. The van der Waals surface area contributed by atoms with E-state index in [1.165, 1.54) is 0 Å². The molecule has 1 saturated heterocycles. The molecule has 1 heterocycles. The third-order valence-corrected chi connectivity index (χ3v) is 1.91. The highest BCUT2D eigenvalue weighted by molar-refractivity contribution is 5.72. The molecule has 9 heavy (non-hydrogen) atoms. The molecular formula is C7H8O2. The molecule has 0 aromatic rings. The van der Waals surface area contributed by atoms with Crippen LogP contribution in [-0.2, 0) is 9.53 Å². The van der Waals surface area contributed by atoms with Gasteiger partial charge >= 0.3 is 5.97 Å². The standard InChI is InChI=1S/C7H8O2/c8-7-4-5-2-1-3-6(5)9-7/h1-2,5-6H,3-4H2/t5?,6-/m0/s1. The fraction of sp³-hybridized carbons (Fsp3) is 0.571. The zero-order valence-electron chi connectivity index (χ0n) is 5.04. The van der Waals surface area contributed by atoms with Crippen LogP contribution in [0.25, 0.3) is 0 Å². The minimum atomic E-state index is -0.0330. The third kappa shape index (κ3) is 0.661. The Kier molecular flexibility index (Phi) is 0.891. The molecule has 0 radical (unpaired) electrons. The van der Waals surface area contributed by atoms with Gasteiger partial charge in [-0.1, -0.05) is 12.2 Å². The van der Waals surface area contributed by atoms with Crippen LogP contribution in [0.5, 0.6) is 0 Å². The smallest absolute Gasteiger partial charge is 0.306 e. The molecule has 2 nitrogen and oxygen atoms in total. The van der Waals surface area contributed by atoms with Crippen LogP contribution in [0.3, 0.4) is 0 Å². The SMILES string of the molecule is O=C1CC2C=CC[C@@H]2O1. The quantitative estimate of drug-likeness (QED) is 0.354. The first kappa shape index (κ1) is 5.03. The van der Waals surface area contributed by atoms with E-state index in [-0.39, 0.29) is 12.1 Å². The first-order valence-electron chi connectivity index (χ1n) is 3.22. The number of hydrogen-bond donors (Lipinski definition) is 0. The summed E-state index contributed by atoms with van der Waals surface area (Å²) in [6, 6.07) is 0. The Morgan fingerprint density at radius 1 is 1.67 bits per heavy atom. The van der Waals surface area contributed by atoms with Gasteiger partial charge in [0, 0.05) is 12.3 Å². The van der Waals surface area contributed by atoms with Crippen LogP contribution in [0, 0.1) is 5.92 Å². The normalized spacial score (nSPS) is 38.9. The molecule has 2 rings (SSSR count). The van der Waals surface area contributed by atoms with Crippen LogP contribution >= 0.6 is 0 Å². The summed E-state index contributed by atoms with van der Waals surface area (Å²) in [6.45, 7) is 0. The number of hydrogen-bond acceptors (Lipinski definition) is 2. The lowest BCUT2D eigenvalue weighted by atomic mass is 10.1. The maximum absolute atomic E-state index is 10.6. The van der Waals surface area contributed by atoms with E-state index in [1.807, 2.05) is 0 Å². The van der Waals surface area contributed by atoms with Crippen molar-refractivity contribution in [2.75, 3.05) is 0 Å². The van der Waals surface area contributed by atoms with E-state index < -0.39 is 0 Å². The average molecular weight is 124 g/mol. The lowest BCUT2D eigenvalue weighted by molar-refractivity contribution is -0.141. The maximum atomic E-state index is 10.6. The van der Waals surface area contributed by atoms with Gasteiger partial charge in [-0.3, -0.25) is 4.79 Å². The second-order valence-electron chi connectivity index (χ2n) is 2.56. The maximum Gasteiger partial charge on any atom is 0.306 e. The van der Waals surface area contributed by atoms with Gasteiger partial charge in [-0.25, -0.2) is 0 Å². The Labute approximate surface area is 53.5 Å². The first-order chi connectivity index (χ1) is 4.36. The van der Waals surface area contributed by atoms with Crippen molar-refractivity contribution < 1.29 is 9.53 Å². The predicted octanol–water partition coefficient (Wildman–Crippen LogP) is 0.878. The molecule has 1 aliphatic heterocycles. The Morgan fingerprint density at radius 2 is 2.56 bits per heavy atom. The van der Waals surface area contributed by atoms with Gasteiger partial charge in [0.25, 0.3) is 0 Å². The summed E-state index contributed by atoms with van der Waals surface area (Å²) in [7, 11) is 0. The zero-order valence-corrected chi connectivity index (χ0v) is 5.04. The minimum Gasteiger partial charge on any atom is -0.461 e. The number of fused-ring (bicyclic) bond motifs is 1. The minimum absolute atomic E-state index is 0.0330. The molecule has 0 amide bonds. The Bertz CT molecular complexity index is 172. The van der Waals surface area contributed by atoms with Crippen LogP contribution < -0.4 is 0 Å². The molecule has 0 saturated carbocycles. The van der Waals surface area contributed by atoms with Crippen LogP contribution in [0.15, 0.2) is 12.2 Å². The Morgan fingerprint density at radius 3 is 3.33 bits per heavy atom. The summed E-state index contributed by atoms with van der Waals surface area (Å²) in [5.41, 5.74) is 0. The molecule has 2 heteroatoms. The largest absolute Gasteiger partial charge is 0.461 e. The third-order valence-electron chi connectivity index (χ3n) is 1.91. The molecule has 0 bridgehead atoms. The van der Waals surface area contributed by atoms with E-state index in [1.54, 1.807) is 0 Å². The number of ether oxygens (including phenoxy) is 1. The van der Waals surface area contributed by atoms with Crippen molar-refractivity contribution in [3.63, 3.8) is 0 Å². The van der Waals surface area contributed by atoms with Gasteiger partial charge in [0.2, 0.25) is 0 Å². The highest BCUT2D eigenvalue weighted by Crippen LogP contribution is 2.30. The summed E-state index contributed by atoms with van der Waals surface area (Å²) in [5.74, 6) is 0.367. The molecule has 0 N–H and O–H groups in total. The summed E-state index contributed by atoms with van der Waals surface area (Å²) < 4.78 is 4.98. The lowest BCUT2D eigenvalue weighted by Crippen LogP contribution is -2.07. The number of esters is 1. The molecule has 0 spiro atoms. The molecule has 2 aliphatic rings. The van der Waals surface area contributed by atoms with Gasteiger partial charge in [-0.15, -0.1) is 0 Å². The molecule has 48 valence electrons. The second-order valence-corrected chi connectivity index (χ2v) is 2.56. The van der Waals surface area contributed by atoms with Gasteiger partial charge in [-0.05, 0) is 0 Å². The van der Waals surface area contributed by atoms with E-state index in [9.17, 15) is 4.79 Å². The monoisotopic (exact) mass is 124 g/mol. The van der Waals surface area contributed by atoms with E-state index in [0.717, 1.165) is 6.42 Å². The first-order valence-corrected chi connectivity index (χ1v) is 3.22. The second kappa shape index (κ2) is 1.59. The number of carbonyl (C=O) groups excluding carboxylic acids is 1. The Balaban J connectivity index is 2.17. The lowest BCUT2D eigenvalue weighted by Gasteiger charge is -2.03. The molecule has 1 fully saturated rings. The van der Waals surface area contributed by atoms with Crippen molar-refractivity contribution in [2.45, 2.75) is 18.9 Å². The molecule has 2 atom stereocenters. The topological polar surface area (TPSA) is 26.3 Å². The number of carbonyl (C=O) groups is 1. The van der Waals surface area contributed by atoms with Gasteiger partial charge in [-0.2, -0.15) is 0 Å². The van der Waals surface area contributed by atoms with Crippen LogP contribution in [-0.4, -0.2) is 12.1 Å². The van der Waals surface area contributed by atoms with Crippen LogP contribution in [0.2, 0.25) is 0 Å². The predicted molar refractivity (Wildman–Crippen MR) is 31.7 cm³/mol. The average Bonchev–Trinajstić information content (AvgIpc) is 2.22. The zero-order chi connectivity index (χ0) is 6.27. The van der Waals surface area contributed by atoms with Crippen LogP contribution in [0.4, 0.5) is 0 Å². The number of rotatable bonds is 0. The van der Waals surface area contributed by atoms with Gasteiger partial charge in [0.1, 0.15) is 6.10 Å². The van der Waals surface area contributed by atoms with E-state index >= 15 is 0 Å². The summed E-state index contributed by atoms with van der Waals surface area (Å²) in [6.07, 6.45) is 5.88. The van der Waals surface area contributed by atoms with Crippen molar-refractivity contribution >= 4 is 5.97 Å². The summed E-state index contributed by atoms with van der Waals surface area (Å²) in [4.78, 5) is 10.6. The van der Waals surface area contributed by atoms with E-state index in [4.69, 9.17) is 4.74 Å². The molecule has 1 aliphatic carbocycles. The summed E-state index contributed by atoms with van der Waals surface area (Å²) >= 11 is 0.